The van der Waals surface area contributed by atoms with Gasteiger partial charge in [-0.3, -0.25) is 34.7 Å². The van der Waals surface area contributed by atoms with Crippen LogP contribution in [-0.4, -0.2) is 39.6 Å². The molecule has 1 saturated heterocycles. The Morgan fingerprint density at radius 2 is 1.68 bits per heavy atom. The van der Waals surface area contributed by atoms with Gasteiger partial charge in [0.2, 0.25) is 11.8 Å². The molecule has 0 bridgehead atoms. The van der Waals surface area contributed by atoms with E-state index in [1.165, 1.54) is 24.3 Å². The number of nitrogens with zero attached hydrogens (tertiary/aromatic N) is 3. The van der Waals surface area contributed by atoms with Gasteiger partial charge in [0.1, 0.15) is 6.04 Å². The molecule has 4 rings (SSSR count). The van der Waals surface area contributed by atoms with Crippen LogP contribution < -0.4 is 10.3 Å². The smallest absolute Gasteiger partial charge is 0.270 e. The maximum atomic E-state index is 13.3. The molecule has 10 heteroatoms. The van der Waals surface area contributed by atoms with Gasteiger partial charge in [-0.1, -0.05) is 60.7 Å². The van der Waals surface area contributed by atoms with Crippen molar-refractivity contribution in [2.45, 2.75) is 18.9 Å². The van der Waals surface area contributed by atoms with Crippen LogP contribution in [0.3, 0.4) is 0 Å². The summed E-state index contributed by atoms with van der Waals surface area (Å²) in [4.78, 5) is 63.5. The highest BCUT2D eigenvalue weighted by Crippen LogP contribution is 2.25. The predicted octanol–water partition coefficient (Wildman–Crippen LogP) is 3.04. The highest BCUT2D eigenvalue weighted by Gasteiger charge is 2.44. The van der Waals surface area contributed by atoms with Crippen molar-refractivity contribution >= 4 is 41.1 Å². The van der Waals surface area contributed by atoms with Crippen LogP contribution in [0.1, 0.15) is 17.5 Å². The first-order chi connectivity index (χ1) is 17.8. The number of anilines is 1. The normalized spacial score (nSPS) is 15.1. The predicted molar refractivity (Wildman–Crippen MR) is 135 cm³/mol. The third kappa shape index (κ3) is 5.93. The molecule has 0 aromatic heterocycles. The molecule has 4 amide bonds. The third-order valence-electron chi connectivity index (χ3n) is 5.64. The van der Waals surface area contributed by atoms with E-state index in [1.807, 2.05) is 0 Å². The molecule has 1 aliphatic heterocycles. The molecule has 3 aromatic carbocycles. The van der Waals surface area contributed by atoms with E-state index in [-0.39, 0.29) is 18.5 Å². The fourth-order valence-electron chi connectivity index (χ4n) is 3.90. The minimum Gasteiger partial charge on any atom is -0.274 e. The lowest BCUT2D eigenvalue weighted by Crippen LogP contribution is -2.54. The Hall–Kier alpha value is -5.12. The lowest BCUT2D eigenvalue weighted by molar-refractivity contribution is -0.384. The van der Waals surface area contributed by atoms with Crippen molar-refractivity contribution in [1.82, 2.24) is 10.4 Å². The second kappa shape index (κ2) is 11.1. The fraction of sp³-hybridized carbons (Fsp3) is 0.111. The average molecular weight is 498 g/mol. The van der Waals surface area contributed by atoms with Crippen molar-refractivity contribution in [1.29, 1.82) is 0 Å². The number of nitrogens with one attached hydrogen (secondary N) is 1. The lowest BCUT2D eigenvalue weighted by atomic mass is 10.1. The number of rotatable bonds is 7. The molecular weight excluding hydrogens is 476 g/mol. The summed E-state index contributed by atoms with van der Waals surface area (Å²) >= 11 is 0. The molecule has 0 aliphatic carbocycles. The van der Waals surface area contributed by atoms with Crippen LogP contribution in [0.15, 0.2) is 91.0 Å². The first kappa shape index (κ1) is 25.0. The number of nitro groups is 1. The van der Waals surface area contributed by atoms with E-state index in [0.29, 0.717) is 16.8 Å². The number of carbonyl (C=O) groups excluding carboxylic acids is 4. The van der Waals surface area contributed by atoms with Crippen LogP contribution in [0.2, 0.25) is 0 Å². The first-order valence-corrected chi connectivity index (χ1v) is 11.3. The van der Waals surface area contributed by atoms with Gasteiger partial charge in [-0.25, -0.2) is 9.91 Å². The summed E-state index contributed by atoms with van der Waals surface area (Å²) in [5.74, 6) is -2.50. The SMILES string of the molecule is O=C(Cc1ccccc1)NN(C(=O)C=Cc1cccc([N+](=O)[O-])c1)C1CC(=O)N(c2ccccc2)C1=O. The summed E-state index contributed by atoms with van der Waals surface area (Å²) in [5, 5.41) is 11.9. The van der Waals surface area contributed by atoms with Crippen molar-refractivity contribution < 1.29 is 24.1 Å². The molecule has 1 fully saturated rings. The zero-order valence-electron chi connectivity index (χ0n) is 19.5. The molecule has 1 atom stereocenters. The van der Waals surface area contributed by atoms with Crippen LogP contribution in [-0.2, 0) is 25.6 Å². The van der Waals surface area contributed by atoms with Crippen molar-refractivity contribution in [3.63, 3.8) is 0 Å². The number of carbonyl (C=O) groups is 4. The lowest BCUT2D eigenvalue weighted by Gasteiger charge is -2.27. The van der Waals surface area contributed by atoms with Crippen LogP contribution in [0.4, 0.5) is 11.4 Å². The minimum absolute atomic E-state index is 0.0591. The Kier molecular flexibility index (Phi) is 7.48. The molecule has 10 nitrogen and oxygen atoms in total. The van der Waals surface area contributed by atoms with Gasteiger partial charge >= 0.3 is 0 Å². The number of hydrogen-bond donors (Lipinski definition) is 1. The Bertz CT molecular complexity index is 1370. The Morgan fingerprint density at radius 1 is 1.00 bits per heavy atom. The molecule has 1 N–H and O–H groups in total. The Morgan fingerprint density at radius 3 is 2.35 bits per heavy atom. The number of imide groups is 1. The van der Waals surface area contributed by atoms with Gasteiger partial charge in [0.25, 0.3) is 17.5 Å². The van der Waals surface area contributed by atoms with E-state index in [0.717, 1.165) is 16.0 Å². The summed E-state index contributed by atoms with van der Waals surface area (Å²) in [6.07, 6.45) is 2.04. The quantitative estimate of drug-likeness (QED) is 0.231. The number of amides is 4. The first-order valence-electron chi connectivity index (χ1n) is 11.3. The summed E-state index contributed by atoms with van der Waals surface area (Å²) in [6.45, 7) is 0. The molecule has 0 spiro atoms. The maximum absolute atomic E-state index is 13.3. The molecule has 1 heterocycles. The molecule has 37 heavy (non-hydrogen) atoms. The topological polar surface area (TPSA) is 130 Å². The summed E-state index contributed by atoms with van der Waals surface area (Å²) in [6, 6.07) is 21.5. The third-order valence-corrected chi connectivity index (χ3v) is 5.64. The second-order valence-electron chi connectivity index (χ2n) is 8.21. The van der Waals surface area contributed by atoms with E-state index in [4.69, 9.17) is 0 Å². The van der Waals surface area contributed by atoms with E-state index in [2.05, 4.69) is 5.43 Å². The van der Waals surface area contributed by atoms with Gasteiger partial charge in [0, 0.05) is 18.2 Å². The molecule has 3 aromatic rings. The van der Waals surface area contributed by atoms with Crippen LogP contribution in [0.5, 0.6) is 0 Å². The Balaban J connectivity index is 1.60. The zero-order chi connectivity index (χ0) is 26.4. The second-order valence-corrected chi connectivity index (χ2v) is 8.21. The van der Waals surface area contributed by atoms with E-state index >= 15 is 0 Å². The van der Waals surface area contributed by atoms with E-state index in [1.54, 1.807) is 66.7 Å². The number of nitro benzene ring substituents is 1. The molecular formula is C27H22N4O6. The number of non-ortho nitro benzene ring substituents is 1. The van der Waals surface area contributed by atoms with Crippen molar-refractivity contribution in [3.05, 3.63) is 112 Å². The number of para-hydroxylation sites is 1. The standard InChI is InChI=1S/C27H22N4O6/c32-24(17-19-8-3-1-4-9-19)28-30(25(33)15-14-20-10-7-13-22(16-20)31(36)37)23-18-26(34)29(27(23)35)21-11-5-2-6-12-21/h1-16,23H,17-18H2,(H,28,32). The minimum atomic E-state index is -1.27. The van der Waals surface area contributed by atoms with Gasteiger partial charge in [-0.05, 0) is 29.3 Å². The molecule has 0 saturated carbocycles. The monoisotopic (exact) mass is 498 g/mol. The van der Waals surface area contributed by atoms with Gasteiger partial charge in [-0.15, -0.1) is 0 Å². The van der Waals surface area contributed by atoms with Gasteiger partial charge in [0.15, 0.2) is 0 Å². The van der Waals surface area contributed by atoms with Gasteiger partial charge < -0.3 is 0 Å². The summed E-state index contributed by atoms with van der Waals surface area (Å²) < 4.78 is 0. The number of hydrogen-bond acceptors (Lipinski definition) is 6. The molecule has 1 aliphatic rings. The van der Waals surface area contributed by atoms with Gasteiger partial charge in [-0.2, -0.15) is 0 Å². The molecule has 0 radical (unpaired) electrons. The van der Waals surface area contributed by atoms with E-state index < -0.39 is 34.6 Å². The highest BCUT2D eigenvalue weighted by atomic mass is 16.6. The van der Waals surface area contributed by atoms with Crippen molar-refractivity contribution in [3.8, 4) is 0 Å². The Labute approximate surface area is 211 Å². The maximum Gasteiger partial charge on any atom is 0.270 e. The zero-order valence-corrected chi connectivity index (χ0v) is 19.5. The summed E-state index contributed by atoms with van der Waals surface area (Å²) in [7, 11) is 0. The van der Waals surface area contributed by atoms with E-state index in [9.17, 15) is 29.3 Å². The van der Waals surface area contributed by atoms with Crippen LogP contribution in [0.25, 0.3) is 6.08 Å². The average Bonchev–Trinajstić information content (AvgIpc) is 3.20. The number of benzene rings is 3. The largest absolute Gasteiger partial charge is 0.274 e. The summed E-state index contributed by atoms with van der Waals surface area (Å²) in [5.41, 5.74) is 3.75. The fourth-order valence-corrected chi connectivity index (χ4v) is 3.90. The molecule has 1 unspecified atom stereocenters. The highest BCUT2D eigenvalue weighted by molar-refractivity contribution is 6.23. The van der Waals surface area contributed by atoms with Crippen LogP contribution >= 0.6 is 0 Å². The van der Waals surface area contributed by atoms with Gasteiger partial charge in [0.05, 0.1) is 23.5 Å². The van der Waals surface area contributed by atoms with Crippen molar-refractivity contribution in [2.75, 3.05) is 4.90 Å². The van der Waals surface area contributed by atoms with Crippen molar-refractivity contribution in [2.24, 2.45) is 0 Å². The molecule has 186 valence electrons. The number of hydrazine groups is 1. The van der Waals surface area contributed by atoms with Crippen LogP contribution in [0, 0.1) is 10.1 Å².